The fraction of sp³-hybridized carbons (Fsp3) is 0.619. The maximum Gasteiger partial charge on any atom is 0.227 e. The zero-order valence-corrected chi connectivity index (χ0v) is 16.7. The summed E-state index contributed by atoms with van der Waals surface area (Å²) >= 11 is 0. The first-order valence-corrected chi connectivity index (χ1v) is 10.2. The molecule has 1 aromatic rings. The fourth-order valence-corrected chi connectivity index (χ4v) is 4.32. The van der Waals surface area contributed by atoms with Crippen molar-refractivity contribution in [3.05, 3.63) is 23.8 Å². The maximum absolute atomic E-state index is 12.8. The van der Waals surface area contributed by atoms with Gasteiger partial charge in [0.25, 0.3) is 0 Å². The monoisotopic (exact) mass is 387 g/mol. The molecule has 152 valence electrons. The SMILES string of the molecule is C[C@@H]1[C@H](C(=O)N2CCN(C(=O)Cc3ccc4c(c3)OCCO4)CC2)CCN1C. The second-order valence-electron chi connectivity index (χ2n) is 7.98. The van der Waals surface area contributed by atoms with E-state index in [0.717, 1.165) is 24.3 Å². The quantitative estimate of drug-likeness (QED) is 0.775. The lowest BCUT2D eigenvalue weighted by molar-refractivity contribution is -0.142. The third kappa shape index (κ3) is 3.81. The number of carbonyl (C=O) groups excluding carboxylic acids is 2. The Morgan fingerprint density at radius 1 is 1.00 bits per heavy atom. The van der Waals surface area contributed by atoms with E-state index in [1.807, 2.05) is 28.0 Å². The highest BCUT2D eigenvalue weighted by molar-refractivity contribution is 5.81. The predicted molar refractivity (Wildman–Crippen MR) is 104 cm³/mol. The minimum Gasteiger partial charge on any atom is -0.486 e. The van der Waals surface area contributed by atoms with E-state index in [0.29, 0.717) is 57.6 Å². The molecule has 0 saturated carbocycles. The van der Waals surface area contributed by atoms with Crippen molar-refractivity contribution in [1.29, 1.82) is 0 Å². The number of hydrogen-bond acceptors (Lipinski definition) is 5. The molecule has 1 aromatic carbocycles. The number of rotatable bonds is 3. The van der Waals surface area contributed by atoms with Crippen LogP contribution in [-0.4, -0.2) is 85.5 Å². The third-order valence-electron chi connectivity index (χ3n) is 6.29. The number of ether oxygens (including phenoxy) is 2. The summed E-state index contributed by atoms with van der Waals surface area (Å²) in [6.07, 6.45) is 1.27. The summed E-state index contributed by atoms with van der Waals surface area (Å²) in [7, 11) is 2.08. The van der Waals surface area contributed by atoms with Crippen LogP contribution in [0.3, 0.4) is 0 Å². The van der Waals surface area contributed by atoms with Crippen molar-refractivity contribution in [3.63, 3.8) is 0 Å². The molecule has 3 aliphatic rings. The lowest BCUT2D eigenvalue weighted by Gasteiger charge is -2.36. The lowest BCUT2D eigenvalue weighted by atomic mass is 9.99. The molecule has 3 heterocycles. The van der Waals surface area contributed by atoms with E-state index >= 15 is 0 Å². The molecule has 7 heteroatoms. The van der Waals surface area contributed by atoms with Crippen molar-refractivity contribution in [2.45, 2.75) is 25.8 Å². The van der Waals surface area contributed by atoms with Gasteiger partial charge in [-0.1, -0.05) is 6.07 Å². The average molecular weight is 387 g/mol. The van der Waals surface area contributed by atoms with E-state index < -0.39 is 0 Å². The molecule has 0 radical (unpaired) electrons. The van der Waals surface area contributed by atoms with Crippen LogP contribution in [0.25, 0.3) is 0 Å². The number of benzene rings is 1. The Labute approximate surface area is 166 Å². The first-order chi connectivity index (χ1) is 13.5. The van der Waals surface area contributed by atoms with Gasteiger partial charge in [-0.25, -0.2) is 0 Å². The van der Waals surface area contributed by atoms with Crippen LogP contribution in [0.1, 0.15) is 18.9 Å². The molecule has 2 amide bonds. The van der Waals surface area contributed by atoms with Crippen molar-refractivity contribution in [3.8, 4) is 11.5 Å². The summed E-state index contributed by atoms with van der Waals surface area (Å²) in [5, 5.41) is 0. The van der Waals surface area contributed by atoms with E-state index in [1.165, 1.54) is 0 Å². The van der Waals surface area contributed by atoms with Gasteiger partial charge in [-0.3, -0.25) is 9.59 Å². The van der Waals surface area contributed by atoms with Gasteiger partial charge < -0.3 is 24.2 Å². The van der Waals surface area contributed by atoms with Crippen LogP contribution in [0.15, 0.2) is 18.2 Å². The van der Waals surface area contributed by atoms with Gasteiger partial charge in [0.1, 0.15) is 13.2 Å². The molecule has 0 aromatic heterocycles. The molecule has 0 unspecified atom stereocenters. The highest BCUT2D eigenvalue weighted by Crippen LogP contribution is 2.31. The number of hydrogen-bond donors (Lipinski definition) is 0. The maximum atomic E-state index is 12.8. The van der Waals surface area contributed by atoms with Crippen LogP contribution >= 0.6 is 0 Å². The fourth-order valence-electron chi connectivity index (χ4n) is 4.32. The second-order valence-corrected chi connectivity index (χ2v) is 7.98. The summed E-state index contributed by atoms with van der Waals surface area (Å²) in [4.78, 5) is 31.6. The lowest BCUT2D eigenvalue weighted by Crippen LogP contribution is -2.53. The van der Waals surface area contributed by atoms with Gasteiger partial charge in [-0.15, -0.1) is 0 Å². The van der Waals surface area contributed by atoms with Gasteiger partial charge in [0.2, 0.25) is 11.8 Å². The Morgan fingerprint density at radius 3 is 2.36 bits per heavy atom. The zero-order chi connectivity index (χ0) is 19.7. The first kappa shape index (κ1) is 19.1. The summed E-state index contributed by atoms with van der Waals surface area (Å²) in [6.45, 7) is 6.66. The normalized spacial score (nSPS) is 25.1. The van der Waals surface area contributed by atoms with Gasteiger partial charge in [-0.2, -0.15) is 0 Å². The predicted octanol–water partition coefficient (Wildman–Crippen LogP) is 1.01. The minimum absolute atomic E-state index is 0.0879. The topological polar surface area (TPSA) is 62.3 Å². The Balaban J connectivity index is 1.30. The van der Waals surface area contributed by atoms with Crippen LogP contribution < -0.4 is 9.47 Å². The smallest absolute Gasteiger partial charge is 0.227 e. The molecule has 28 heavy (non-hydrogen) atoms. The Bertz CT molecular complexity index is 745. The Morgan fingerprint density at radius 2 is 1.68 bits per heavy atom. The van der Waals surface area contributed by atoms with E-state index in [-0.39, 0.29) is 17.7 Å². The molecule has 3 aliphatic heterocycles. The number of piperazine rings is 1. The van der Waals surface area contributed by atoms with Crippen molar-refractivity contribution in [2.24, 2.45) is 5.92 Å². The van der Waals surface area contributed by atoms with Gasteiger partial charge in [-0.05, 0) is 44.6 Å². The summed E-state index contributed by atoms with van der Waals surface area (Å²) < 4.78 is 11.1. The number of fused-ring (bicyclic) bond motifs is 1. The van der Waals surface area contributed by atoms with Crippen LogP contribution in [0.2, 0.25) is 0 Å². The molecule has 2 fully saturated rings. The largest absolute Gasteiger partial charge is 0.486 e. The van der Waals surface area contributed by atoms with Crippen LogP contribution in [0.5, 0.6) is 11.5 Å². The highest BCUT2D eigenvalue weighted by atomic mass is 16.6. The molecular weight excluding hydrogens is 358 g/mol. The molecule has 7 nitrogen and oxygen atoms in total. The minimum atomic E-state index is 0.0879. The second kappa shape index (κ2) is 7.99. The number of amides is 2. The third-order valence-corrected chi connectivity index (χ3v) is 6.29. The Kier molecular flexibility index (Phi) is 5.44. The van der Waals surface area contributed by atoms with E-state index in [2.05, 4.69) is 18.9 Å². The standard InChI is InChI=1S/C21H29N3O4/c1-15-17(5-6-22(15)2)21(26)24-9-7-23(8-10-24)20(25)14-16-3-4-18-19(13-16)28-12-11-27-18/h3-4,13,15,17H,5-12,14H2,1-2H3/t15-,17-/m1/s1. The molecule has 0 bridgehead atoms. The summed E-state index contributed by atoms with van der Waals surface area (Å²) in [5.41, 5.74) is 0.926. The van der Waals surface area contributed by atoms with Crippen LogP contribution in [-0.2, 0) is 16.0 Å². The average Bonchev–Trinajstić information content (AvgIpc) is 3.06. The van der Waals surface area contributed by atoms with E-state index in [1.54, 1.807) is 0 Å². The van der Waals surface area contributed by atoms with Crippen LogP contribution in [0, 0.1) is 5.92 Å². The van der Waals surface area contributed by atoms with Crippen molar-refractivity contribution < 1.29 is 19.1 Å². The molecule has 2 saturated heterocycles. The van der Waals surface area contributed by atoms with Crippen molar-refractivity contribution in [2.75, 3.05) is 53.0 Å². The number of carbonyl (C=O) groups is 2. The summed E-state index contributed by atoms with van der Waals surface area (Å²) in [6, 6.07) is 5.98. The first-order valence-electron chi connectivity index (χ1n) is 10.2. The van der Waals surface area contributed by atoms with Crippen molar-refractivity contribution in [1.82, 2.24) is 14.7 Å². The van der Waals surface area contributed by atoms with E-state index in [9.17, 15) is 9.59 Å². The van der Waals surface area contributed by atoms with Gasteiger partial charge in [0, 0.05) is 32.2 Å². The molecule has 4 rings (SSSR count). The Hall–Kier alpha value is -2.28. The molecule has 0 aliphatic carbocycles. The van der Waals surface area contributed by atoms with Gasteiger partial charge in [0.05, 0.1) is 12.3 Å². The molecule has 2 atom stereocenters. The number of likely N-dealkylation sites (tertiary alicyclic amines) is 1. The van der Waals surface area contributed by atoms with Gasteiger partial charge in [0.15, 0.2) is 11.5 Å². The van der Waals surface area contributed by atoms with Crippen LogP contribution in [0.4, 0.5) is 0 Å². The molecule has 0 N–H and O–H groups in total. The molecule has 0 spiro atoms. The zero-order valence-electron chi connectivity index (χ0n) is 16.7. The number of nitrogens with zero attached hydrogens (tertiary/aromatic N) is 3. The molecular formula is C21H29N3O4. The highest BCUT2D eigenvalue weighted by Gasteiger charge is 2.37. The van der Waals surface area contributed by atoms with Crippen molar-refractivity contribution >= 4 is 11.8 Å². The summed E-state index contributed by atoms with van der Waals surface area (Å²) in [5.74, 6) is 1.88. The van der Waals surface area contributed by atoms with E-state index in [4.69, 9.17) is 9.47 Å². The van der Waals surface area contributed by atoms with Gasteiger partial charge >= 0.3 is 0 Å².